The van der Waals surface area contributed by atoms with E-state index in [9.17, 15) is 4.79 Å². The van der Waals surface area contributed by atoms with Crippen LogP contribution in [-0.4, -0.2) is 42.5 Å². The molecule has 33 heavy (non-hydrogen) atoms. The number of imidazole rings is 1. The van der Waals surface area contributed by atoms with E-state index >= 15 is 0 Å². The molecule has 9 nitrogen and oxygen atoms in total. The van der Waals surface area contributed by atoms with Gasteiger partial charge in [0.1, 0.15) is 17.0 Å². The Balaban J connectivity index is 1.46. The van der Waals surface area contributed by atoms with E-state index in [2.05, 4.69) is 51.0 Å². The summed E-state index contributed by atoms with van der Waals surface area (Å²) in [6.07, 6.45) is 7.46. The highest BCUT2D eigenvalue weighted by Gasteiger charge is 2.21. The molecule has 0 saturated carbocycles. The van der Waals surface area contributed by atoms with Crippen LogP contribution in [0.4, 0.5) is 0 Å². The van der Waals surface area contributed by atoms with Gasteiger partial charge in [-0.25, -0.2) is 19.9 Å². The van der Waals surface area contributed by atoms with Crippen molar-refractivity contribution in [3.63, 3.8) is 0 Å². The summed E-state index contributed by atoms with van der Waals surface area (Å²) in [4.78, 5) is 35.8. The number of ether oxygens (including phenoxy) is 1. The van der Waals surface area contributed by atoms with Crippen LogP contribution in [0, 0.1) is 0 Å². The van der Waals surface area contributed by atoms with Crippen LogP contribution in [0.1, 0.15) is 65.5 Å². The van der Waals surface area contributed by atoms with Gasteiger partial charge in [-0.2, -0.15) is 4.98 Å². The fourth-order valence-electron chi connectivity index (χ4n) is 3.32. The smallest absolute Gasteiger partial charge is 0.270 e. The number of thiazole rings is 1. The molecule has 1 amide bonds. The number of rotatable bonds is 6. The molecule has 0 aromatic carbocycles. The molecule has 1 unspecified atom stereocenters. The molecule has 0 aliphatic rings. The number of fused-ring (bicyclic) bond motifs is 1. The third kappa shape index (κ3) is 4.85. The van der Waals surface area contributed by atoms with E-state index in [1.54, 1.807) is 38.1 Å². The fraction of sp³-hybridized carbons (Fsp3) is 0.391. The largest absolute Gasteiger partial charge is 0.481 e. The molecule has 0 spiro atoms. The predicted molar refractivity (Wildman–Crippen MR) is 127 cm³/mol. The van der Waals surface area contributed by atoms with E-state index in [1.165, 1.54) is 11.3 Å². The number of aromatic nitrogens is 6. The number of aryl methyl sites for hydroxylation is 1. The van der Waals surface area contributed by atoms with Gasteiger partial charge in [-0.3, -0.25) is 4.79 Å². The average Bonchev–Trinajstić information content (AvgIpc) is 3.40. The molecular weight excluding hydrogens is 438 g/mol. The fourth-order valence-corrected chi connectivity index (χ4v) is 4.26. The Kier molecular flexibility index (Phi) is 6.11. The van der Waals surface area contributed by atoms with Crippen LogP contribution in [0.3, 0.4) is 0 Å². The first-order valence-electron chi connectivity index (χ1n) is 10.6. The first-order valence-corrected chi connectivity index (χ1v) is 11.4. The SMILES string of the molecule is COc1nc(C(C)(C)C)ncc1Cc1ncc(C(C)NC(=O)c2cc3c(cn2)ncn3C)s1. The summed E-state index contributed by atoms with van der Waals surface area (Å²) in [5, 5.41) is 3.90. The molecule has 0 radical (unpaired) electrons. The van der Waals surface area contributed by atoms with Crippen LogP contribution in [-0.2, 0) is 18.9 Å². The van der Waals surface area contributed by atoms with Gasteiger partial charge in [0.2, 0.25) is 5.88 Å². The summed E-state index contributed by atoms with van der Waals surface area (Å²) in [6.45, 7) is 8.12. The van der Waals surface area contributed by atoms with E-state index in [1.807, 2.05) is 18.5 Å². The summed E-state index contributed by atoms with van der Waals surface area (Å²) >= 11 is 1.54. The zero-order chi connectivity index (χ0) is 23.8. The molecule has 172 valence electrons. The molecule has 4 aromatic rings. The lowest BCUT2D eigenvalue weighted by Gasteiger charge is -2.17. The van der Waals surface area contributed by atoms with Gasteiger partial charge in [-0.1, -0.05) is 20.8 Å². The molecule has 0 aliphatic heterocycles. The monoisotopic (exact) mass is 465 g/mol. The number of hydrogen-bond donors (Lipinski definition) is 1. The third-order valence-corrected chi connectivity index (χ3v) is 6.40. The minimum absolute atomic E-state index is 0.163. The van der Waals surface area contributed by atoms with Crippen molar-refractivity contribution in [2.24, 2.45) is 7.05 Å². The van der Waals surface area contributed by atoms with Crippen LogP contribution in [0.5, 0.6) is 5.88 Å². The first kappa shape index (κ1) is 22.8. The van der Waals surface area contributed by atoms with Crippen molar-refractivity contribution < 1.29 is 9.53 Å². The molecule has 0 aliphatic carbocycles. The minimum atomic E-state index is -0.242. The number of amides is 1. The molecule has 0 saturated heterocycles. The number of hydrogen-bond acceptors (Lipinski definition) is 8. The lowest BCUT2D eigenvalue weighted by atomic mass is 9.95. The Labute approximate surface area is 196 Å². The zero-order valence-electron chi connectivity index (χ0n) is 19.6. The third-order valence-electron chi connectivity index (χ3n) is 5.22. The normalized spacial score (nSPS) is 12.7. The maximum absolute atomic E-state index is 12.7. The highest BCUT2D eigenvalue weighted by molar-refractivity contribution is 7.11. The van der Waals surface area contributed by atoms with Crippen molar-refractivity contribution in [2.75, 3.05) is 7.11 Å². The Bertz CT molecular complexity index is 1310. The van der Waals surface area contributed by atoms with Gasteiger partial charge in [-0.15, -0.1) is 11.3 Å². The minimum Gasteiger partial charge on any atom is -0.481 e. The lowest BCUT2D eigenvalue weighted by Crippen LogP contribution is -2.26. The quantitative estimate of drug-likeness (QED) is 0.463. The van der Waals surface area contributed by atoms with Crippen molar-refractivity contribution in [1.29, 1.82) is 0 Å². The molecule has 4 rings (SSSR count). The van der Waals surface area contributed by atoms with E-state index in [0.29, 0.717) is 18.0 Å². The van der Waals surface area contributed by atoms with Crippen molar-refractivity contribution in [2.45, 2.75) is 45.6 Å². The Hall–Kier alpha value is -3.40. The number of carbonyl (C=O) groups excluding carboxylic acids is 1. The molecule has 1 N–H and O–H groups in total. The summed E-state index contributed by atoms with van der Waals surface area (Å²) in [7, 11) is 3.50. The topological polar surface area (TPSA) is 108 Å². The van der Waals surface area contributed by atoms with Gasteiger partial charge in [0.05, 0.1) is 36.2 Å². The number of carbonyl (C=O) groups is 1. The standard InChI is InChI=1S/C23H27N7O2S/c1-13(28-20(31)15-8-17-16(10-24-15)27-12-30(17)5)18-11-25-19(33-18)7-14-9-26-22(23(2,3)4)29-21(14)32-6/h8-13H,7H2,1-6H3,(H,28,31). The van der Waals surface area contributed by atoms with Gasteiger partial charge in [0.15, 0.2) is 0 Å². The van der Waals surface area contributed by atoms with Gasteiger partial charge in [0.25, 0.3) is 5.91 Å². The highest BCUT2D eigenvalue weighted by atomic mass is 32.1. The highest BCUT2D eigenvalue weighted by Crippen LogP contribution is 2.27. The maximum atomic E-state index is 12.7. The van der Waals surface area contributed by atoms with Crippen LogP contribution >= 0.6 is 11.3 Å². The molecular formula is C23H27N7O2S. The van der Waals surface area contributed by atoms with Crippen molar-refractivity contribution in [3.05, 3.63) is 58.0 Å². The number of nitrogens with zero attached hydrogens (tertiary/aromatic N) is 6. The van der Waals surface area contributed by atoms with E-state index in [-0.39, 0.29) is 17.4 Å². The molecule has 1 atom stereocenters. The van der Waals surface area contributed by atoms with Crippen LogP contribution in [0.25, 0.3) is 11.0 Å². The Morgan fingerprint density at radius 2 is 1.97 bits per heavy atom. The molecule has 0 fully saturated rings. The van der Waals surface area contributed by atoms with Gasteiger partial charge < -0.3 is 14.6 Å². The van der Waals surface area contributed by atoms with Crippen LogP contribution in [0.2, 0.25) is 0 Å². The second-order valence-electron chi connectivity index (χ2n) is 8.92. The number of pyridine rings is 1. The van der Waals surface area contributed by atoms with Gasteiger partial charge >= 0.3 is 0 Å². The Morgan fingerprint density at radius 1 is 1.18 bits per heavy atom. The summed E-state index contributed by atoms with van der Waals surface area (Å²) < 4.78 is 7.36. The average molecular weight is 466 g/mol. The molecule has 0 bridgehead atoms. The molecule has 4 aromatic heterocycles. The number of methoxy groups -OCH3 is 1. The predicted octanol–water partition coefficient (Wildman–Crippen LogP) is 3.60. The second kappa shape index (κ2) is 8.86. The van der Waals surface area contributed by atoms with Gasteiger partial charge in [0, 0.05) is 41.7 Å². The Morgan fingerprint density at radius 3 is 2.70 bits per heavy atom. The van der Waals surface area contributed by atoms with Crippen molar-refractivity contribution in [1.82, 2.24) is 34.8 Å². The van der Waals surface area contributed by atoms with E-state index in [4.69, 9.17) is 4.74 Å². The lowest BCUT2D eigenvalue weighted by molar-refractivity contribution is 0.0935. The summed E-state index contributed by atoms with van der Waals surface area (Å²) in [6, 6.07) is 1.53. The molecule has 4 heterocycles. The van der Waals surface area contributed by atoms with Gasteiger partial charge in [-0.05, 0) is 13.0 Å². The summed E-state index contributed by atoms with van der Waals surface area (Å²) in [5.74, 6) is 1.05. The second-order valence-corrected chi connectivity index (χ2v) is 10.1. The van der Waals surface area contributed by atoms with E-state index in [0.717, 1.165) is 32.3 Å². The maximum Gasteiger partial charge on any atom is 0.270 e. The summed E-state index contributed by atoms with van der Waals surface area (Å²) in [5.41, 5.74) is 2.67. The number of nitrogens with one attached hydrogen (secondary N) is 1. The van der Waals surface area contributed by atoms with Crippen LogP contribution < -0.4 is 10.1 Å². The van der Waals surface area contributed by atoms with Crippen molar-refractivity contribution in [3.8, 4) is 5.88 Å². The van der Waals surface area contributed by atoms with E-state index < -0.39 is 0 Å². The first-order chi connectivity index (χ1) is 15.7. The zero-order valence-corrected chi connectivity index (χ0v) is 20.4. The molecule has 10 heteroatoms. The van der Waals surface area contributed by atoms with Crippen molar-refractivity contribution >= 4 is 28.3 Å². The van der Waals surface area contributed by atoms with Crippen LogP contribution in [0.15, 0.2) is 31.0 Å².